The topological polar surface area (TPSA) is 34.4 Å². The number of halogens is 3. The molecule has 0 radical (unpaired) electrons. The van der Waals surface area contributed by atoms with E-state index in [9.17, 15) is 13.6 Å². The van der Waals surface area contributed by atoms with Crippen molar-refractivity contribution in [3.05, 3.63) is 63.4 Å². The maximum Gasteiger partial charge on any atom is 0.281 e. The van der Waals surface area contributed by atoms with Crippen LogP contribution in [-0.2, 0) is 6.54 Å². The van der Waals surface area contributed by atoms with E-state index in [1.165, 1.54) is 6.07 Å². The minimum absolute atomic E-state index is 0.240. The van der Waals surface area contributed by atoms with Gasteiger partial charge in [0.15, 0.2) is 10.6 Å². The van der Waals surface area contributed by atoms with Gasteiger partial charge in [0.25, 0.3) is 5.91 Å². The highest BCUT2D eigenvalue weighted by Crippen LogP contribution is 2.22. The smallest absolute Gasteiger partial charge is 0.281 e. The average molecular weight is 353 g/mol. The maximum atomic E-state index is 14.0. The lowest BCUT2D eigenvalue weighted by Crippen LogP contribution is -2.16. The molecule has 2 aromatic carbocycles. The highest BCUT2D eigenvalue weighted by Gasteiger charge is 2.14. The Hall–Kier alpha value is -2.05. The van der Waals surface area contributed by atoms with Crippen LogP contribution in [0.4, 0.5) is 8.78 Å². The minimum Gasteiger partial charge on any atom is -0.314 e. The number of aryl methyl sites for hydroxylation is 1. The predicted molar refractivity (Wildman–Crippen MR) is 86.8 cm³/mol. The fourth-order valence-corrected chi connectivity index (χ4v) is 3.64. The van der Waals surface area contributed by atoms with Gasteiger partial charge in [-0.15, -0.1) is 0 Å². The molecule has 0 bridgehead atoms. The molecule has 0 unspecified atom stereocenters. The number of amides is 1. The van der Waals surface area contributed by atoms with Crippen molar-refractivity contribution in [3.63, 3.8) is 0 Å². The number of carbonyl (C=O) groups excluding carboxylic acids is 1. The average Bonchev–Trinajstić information content (AvgIpc) is 2.84. The summed E-state index contributed by atoms with van der Waals surface area (Å²) in [6.45, 7) is 2.20. The Balaban J connectivity index is 2.22. The molecule has 118 valence electrons. The fourth-order valence-electron chi connectivity index (χ4n) is 2.29. The van der Waals surface area contributed by atoms with Crippen molar-refractivity contribution in [1.82, 2.24) is 4.57 Å². The van der Waals surface area contributed by atoms with E-state index < -0.39 is 17.5 Å². The number of aromatic nitrogens is 1. The third-order valence-electron chi connectivity index (χ3n) is 3.31. The Bertz CT molecular complexity index is 978. The number of fused-ring (bicyclic) bond motifs is 1. The van der Waals surface area contributed by atoms with Crippen molar-refractivity contribution >= 4 is 39.1 Å². The highest BCUT2D eigenvalue weighted by atomic mass is 35.5. The zero-order valence-corrected chi connectivity index (χ0v) is 13.6. The van der Waals surface area contributed by atoms with Crippen LogP contribution in [0.3, 0.4) is 0 Å². The van der Waals surface area contributed by atoms with Crippen molar-refractivity contribution in [1.29, 1.82) is 0 Å². The van der Waals surface area contributed by atoms with Crippen molar-refractivity contribution in [3.8, 4) is 0 Å². The minimum atomic E-state index is -0.676. The Kier molecular flexibility index (Phi) is 4.28. The molecule has 23 heavy (non-hydrogen) atoms. The number of nitrogens with zero attached hydrogens (tertiary/aromatic N) is 2. The molecule has 0 fully saturated rings. The molecule has 1 heterocycles. The maximum absolute atomic E-state index is 14.0. The van der Waals surface area contributed by atoms with Gasteiger partial charge in [-0.2, -0.15) is 4.99 Å². The van der Waals surface area contributed by atoms with Gasteiger partial charge < -0.3 is 4.57 Å². The first-order valence-corrected chi connectivity index (χ1v) is 8.02. The van der Waals surface area contributed by atoms with Gasteiger partial charge in [0.1, 0.15) is 5.82 Å². The van der Waals surface area contributed by atoms with Crippen LogP contribution >= 0.6 is 22.9 Å². The quantitative estimate of drug-likeness (QED) is 0.673. The summed E-state index contributed by atoms with van der Waals surface area (Å²) in [4.78, 5) is 16.6. The van der Waals surface area contributed by atoms with Crippen molar-refractivity contribution in [2.24, 2.45) is 4.99 Å². The second kappa shape index (κ2) is 6.22. The molecule has 0 N–H and O–H groups in total. The lowest BCUT2D eigenvalue weighted by atomic mass is 10.2. The summed E-state index contributed by atoms with van der Waals surface area (Å²) in [6, 6.07) is 8.61. The summed E-state index contributed by atoms with van der Waals surface area (Å²) < 4.78 is 29.3. The second-order valence-corrected chi connectivity index (χ2v) is 6.18. The number of hydrogen-bond donors (Lipinski definition) is 0. The summed E-state index contributed by atoms with van der Waals surface area (Å²) in [5.74, 6) is -1.86. The molecular formula is C16H11ClF2N2OS. The molecule has 0 saturated carbocycles. The van der Waals surface area contributed by atoms with E-state index in [0.717, 1.165) is 17.4 Å². The van der Waals surface area contributed by atoms with Gasteiger partial charge in [-0.3, -0.25) is 4.79 Å². The lowest BCUT2D eigenvalue weighted by Gasteiger charge is -2.02. The largest absolute Gasteiger partial charge is 0.314 e. The number of carbonyl (C=O) groups is 1. The molecule has 7 heteroatoms. The van der Waals surface area contributed by atoms with Crippen LogP contribution in [0, 0.1) is 11.6 Å². The molecule has 1 amide bonds. The molecule has 0 aliphatic carbocycles. The van der Waals surface area contributed by atoms with Crippen molar-refractivity contribution in [2.45, 2.75) is 13.5 Å². The van der Waals surface area contributed by atoms with E-state index in [1.54, 1.807) is 35.8 Å². The van der Waals surface area contributed by atoms with Crippen molar-refractivity contribution in [2.75, 3.05) is 0 Å². The van der Waals surface area contributed by atoms with Crippen LogP contribution in [0.2, 0.25) is 5.02 Å². The monoisotopic (exact) mass is 352 g/mol. The van der Waals surface area contributed by atoms with Gasteiger partial charge in [0, 0.05) is 12.6 Å². The molecule has 0 atom stereocenters. The van der Waals surface area contributed by atoms with Crippen LogP contribution in [-0.4, -0.2) is 10.5 Å². The Morgan fingerprint density at radius 2 is 2.04 bits per heavy atom. The molecule has 0 aliphatic heterocycles. The molecule has 0 aliphatic rings. The van der Waals surface area contributed by atoms with E-state index >= 15 is 0 Å². The van der Waals surface area contributed by atoms with Gasteiger partial charge in [0.05, 0.1) is 20.8 Å². The third kappa shape index (κ3) is 2.92. The first-order valence-electron chi connectivity index (χ1n) is 6.83. The lowest BCUT2D eigenvalue weighted by molar-refractivity contribution is 0.0998. The van der Waals surface area contributed by atoms with E-state index in [4.69, 9.17) is 11.6 Å². The van der Waals surface area contributed by atoms with Gasteiger partial charge >= 0.3 is 0 Å². The Morgan fingerprint density at radius 3 is 2.74 bits per heavy atom. The molecular weight excluding hydrogens is 342 g/mol. The summed E-state index contributed by atoms with van der Waals surface area (Å²) in [5, 5.41) is 0.294. The standard InChI is InChI=1S/C16H11ClF2N2OS/c1-2-21-14-12(19)7-9(18)8-13(14)23-16(21)20-15(22)10-5-3-4-6-11(10)17/h3-8H,2H2,1H3. The number of hydrogen-bond acceptors (Lipinski definition) is 2. The molecule has 3 aromatic rings. The number of benzene rings is 2. The number of rotatable bonds is 2. The SMILES string of the molecule is CCn1c(=NC(=O)c2ccccc2Cl)sc2cc(F)cc(F)c21. The summed E-state index contributed by atoms with van der Waals surface area (Å²) in [5.41, 5.74) is 0.505. The zero-order chi connectivity index (χ0) is 16.6. The first kappa shape index (κ1) is 15.8. The molecule has 0 saturated heterocycles. The predicted octanol–water partition coefficient (Wildman–Crippen LogP) is 4.40. The highest BCUT2D eigenvalue weighted by molar-refractivity contribution is 7.16. The van der Waals surface area contributed by atoms with Crippen LogP contribution < -0.4 is 4.80 Å². The van der Waals surface area contributed by atoms with E-state index in [-0.39, 0.29) is 11.1 Å². The summed E-state index contributed by atoms with van der Waals surface area (Å²) >= 11 is 7.05. The van der Waals surface area contributed by atoms with Crippen LogP contribution in [0.25, 0.3) is 10.2 Å². The van der Waals surface area contributed by atoms with E-state index in [0.29, 0.717) is 21.1 Å². The molecule has 0 spiro atoms. The van der Waals surface area contributed by atoms with E-state index in [1.807, 2.05) is 0 Å². The van der Waals surface area contributed by atoms with Crippen LogP contribution in [0.15, 0.2) is 41.4 Å². The Labute approximate surface area is 139 Å². The molecule has 3 rings (SSSR count). The van der Waals surface area contributed by atoms with Gasteiger partial charge in [-0.05, 0) is 25.1 Å². The third-order valence-corrected chi connectivity index (χ3v) is 4.67. The van der Waals surface area contributed by atoms with Crippen LogP contribution in [0.5, 0.6) is 0 Å². The zero-order valence-electron chi connectivity index (χ0n) is 12.0. The fraction of sp³-hybridized carbons (Fsp3) is 0.125. The van der Waals surface area contributed by atoms with E-state index in [2.05, 4.69) is 4.99 Å². The normalized spacial score (nSPS) is 12.1. The van der Waals surface area contributed by atoms with Gasteiger partial charge in [-0.25, -0.2) is 8.78 Å². The summed E-state index contributed by atoms with van der Waals surface area (Å²) in [7, 11) is 0. The number of thiazole rings is 1. The van der Waals surface area contributed by atoms with Crippen LogP contribution in [0.1, 0.15) is 17.3 Å². The first-order chi connectivity index (χ1) is 11.0. The molecule has 1 aromatic heterocycles. The Morgan fingerprint density at radius 1 is 1.30 bits per heavy atom. The van der Waals surface area contributed by atoms with Gasteiger partial charge in [0.2, 0.25) is 0 Å². The summed E-state index contributed by atoms with van der Waals surface area (Å²) in [6.07, 6.45) is 0. The van der Waals surface area contributed by atoms with Crippen molar-refractivity contribution < 1.29 is 13.6 Å². The van der Waals surface area contributed by atoms with Gasteiger partial charge in [-0.1, -0.05) is 35.1 Å². The second-order valence-electron chi connectivity index (χ2n) is 4.76. The molecule has 3 nitrogen and oxygen atoms in total.